The maximum absolute atomic E-state index is 13.5. The Morgan fingerprint density at radius 3 is 1.36 bits per heavy atom. The van der Waals surface area contributed by atoms with E-state index in [9.17, 15) is 85.6 Å². The van der Waals surface area contributed by atoms with E-state index in [1.807, 2.05) is 26.8 Å². The molecule has 9 rings (SSSR count). The van der Waals surface area contributed by atoms with Crippen molar-refractivity contribution < 1.29 is 121 Å². The second kappa shape index (κ2) is 23.8. The molecule has 6 saturated carbocycles. The minimum Gasteiger partial charge on any atom is -0.463 e. The van der Waals surface area contributed by atoms with Gasteiger partial charge in [0.25, 0.3) is 30.4 Å². The number of carbonyl (C=O) groups is 6. The number of ether oxygens (including phenoxy) is 6. The number of fused-ring (bicyclic) bond motifs is 3. The average Bonchev–Trinajstić information content (AvgIpc) is 1.56. The quantitative estimate of drug-likeness (QED) is 0.0521. The van der Waals surface area contributed by atoms with E-state index >= 15 is 0 Å². The van der Waals surface area contributed by atoms with Crippen molar-refractivity contribution in [2.24, 2.45) is 57.7 Å². The zero-order valence-electron chi connectivity index (χ0n) is 48.0. The largest absolute Gasteiger partial charge is 0.463 e. The molecule has 3 saturated heterocycles. The van der Waals surface area contributed by atoms with Crippen LogP contribution in [0.4, 0.5) is 40.7 Å². The van der Waals surface area contributed by atoms with Crippen LogP contribution < -0.4 is 16.0 Å². The number of alkyl halides is 6. The maximum Gasteiger partial charge on any atom is 0.410 e. The molecule has 0 aromatic heterocycles. The molecular weight excluding hydrogens is 1210 g/mol. The van der Waals surface area contributed by atoms with E-state index in [4.69, 9.17) is 41.0 Å². The topological polar surface area (TPSA) is 348 Å². The molecular formula is C51H72F6N4O21S3. The molecule has 9 aliphatic rings. The van der Waals surface area contributed by atoms with Crippen LogP contribution in [0.5, 0.6) is 0 Å². The highest BCUT2D eigenvalue weighted by molar-refractivity contribution is 7.89. The minimum atomic E-state index is -4.95. The number of alkyl carbamates (subject to hydrolysis) is 3. The van der Waals surface area contributed by atoms with Crippen molar-refractivity contribution >= 4 is 66.5 Å². The van der Waals surface area contributed by atoms with Crippen molar-refractivity contribution in [3.05, 3.63) is 0 Å². The molecule has 25 nitrogen and oxygen atoms in total. The molecule has 0 spiro atoms. The Kier molecular flexibility index (Phi) is 18.9. The van der Waals surface area contributed by atoms with E-state index in [1.165, 1.54) is 0 Å². The molecule has 3 N–H and O–H groups in total. The van der Waals surface area contributed by atoms with Crippen molar-refractivity contribution in [3.63, 3.8) is 0 Å². The predicted molar refractivity (Wildman–Crippen MR) is 276 cm³/mol. The summed E-state index contributed by atoms with van der Waals surface area (Å²) in [6.45, 7) is 15.7. The molecule has 3 heterocycles. The van der Waals surface area contributed by atoms with Crippen LogP contribution in [0.3, 0.4) is 0 Å². The van der Waals surface area contributed by atoms with Gasteiger partial charge in [-0.2, -0.15) is 56.9 Å². The fourth-order valence-corrected chi connectivity index (χ4v) is 18.8. The van der Waals surface area contributed by atoms with Gasteiger partial charge in [0.1, 0.15) is 61.7 Å². The SMILES string of the molecule is CCC(C)(C)C(=O)OCCNC(=O)OC1C2CC3C1OS(=O)(=O)C3(C#N)C2.CCC(C)(C)C(=O)OCCNC(=O)OC1C2CC3C1OS(=O)(=O)C3(C(F)(F)F)C2.CCC(C)(C)C(=O)OCCNC(=O)OC1C2CC3C1OS(=O)(=O)C3C2C(F)(F)F. The summed E-state index contributed by atoms with van der Waals surface area (Å²) in [6, 6.07) is 1.92. The number of rotatable bonds is 18. The molecule has 6 aliphatic carbocycles. The summed E-state index contributed by atoms with van der Waals surface area (Å²) in [5.41, 5.74) is -1.90. The predicted octanol–water partition coefficient (Wildman–Crippen LogP) is 5.21. The van der Waals surface area contributed by atoms with Crippen molar-refractivity contribution in [2.75, 3.05) is 39.5 Å². The molecule has 0 aromatic carbocycles. The summed E-state index contributed by atoms with van der Waals surface area (Å²) in [5.74, 6) is -8.04. The third kappa shape index (κ3) is 12.5. The molecule has 0 radical (unpaired) electrons. The first kappa shape index (κ1) is 67.5. The van der Waals surface area contributed by atoms with Gasteiger partial charge in [-0.05, 0) is 92.9 Å². The highest BCUT2D eigenvalue weighted by Gasteiger charge is 2.83. The maximum atomic E-state index is 13.5. The van der Waals surface area contributed by atoms with Crippen LogP contribution in [0.15, 0.2) is 0 Å². The number of nitrogens with one attached hydrogen (secondary N) is 3. The van der Waals surface area contributed by atoms with Gasteiger partial charge in [-0.1, -0.05) is 20.8 Å². The highest BCUT2D eigenvalue weighted by atomic mass is 32.2. The lowest BCUT2D eigenvalue weighted by Crippen LogP contribution is -2.54. The van der Waals surface area contributed by atoms with Crippen molar-refractivity contribution in [1.82, 2.24) is 16.0 Å². The monoisotopic (exact) mass is 1290 g/mol. The summed E-state index contributed by atoms with van der Waals surface area (Å²) in [4.78, 5) is 71.5. The zero-order chi connectivity index (χ0) is 63.6. The van der Waals surface area contributed by atoms with E-state index in [0.29, 0.717) is 25.7 Å². The van der Waals surface area contributed by atoms with E-state index < -0.39 is 182 Å². The summed E-state index contributed by atoms with van der Waals surface area (Å²) < 4.78 is 195. The Morgan fingerprint density at radius 1 is 0.553 bits per heavy atom. The van der Waals surface area contributed by atoms with Crippen LogP contribution in [-0.4, -0.2) is 165 Å². The Hall–Kier alpha value is -4.98. The Balaban J connectivity index is 0.000000183. The van der Waals surface area contributed by atoms with Crippen LogP contribution in [-0.2, 0) is 85.7 Å². The number of nitriles is 1. The van der Waals surface area contributed by atoms with Crippen molar-refractivity contribution in [1.29, 1.82) is 5.26 Å². The molecule has 3 aliphatic heterocycles. The lowest BCUT2D eigenvalue weighted by molar-refractivity contribution is -0.196. The lowest BCUT2D eigenvalue weighted by Gasteiger charge is -2.33. The second-order valence-electron chi connectivity index (χ2n) is 24.7. The van der Waals surface area contributed by atoms with Crippen LogP contribution in [0, 0.1) is 69.0 Å². The Morgan fingerprint density at radius 2 is 0.953 bits per heavy atom. The van der Waals surface area contributed by atoms with Gasteiger partial charge in [0.05, 0.1) is 47.9 Å². The highest BCUT2D eigenvalue weighted by Crippen LogP contribution is 2.67. The van der Waals surface area contributed by atoms with Gasteiger partial charge >= 0.3 is 48.5 Å². The number of hydrogen-bond donors (Lipinski definition) is 3. The minimum absolute atomic E-state index is 0.0138. The summed E-state index contributed by atoms with van der Waals surface area (Å²) in [5, 5.41) is 14.9. The fourth-order valence-electron chi connectivity index (χ4n) is 12.8. The van der Waals surface area contributed by atoms with Gasteiger partial charge in [0.2, 0.25) is 0 Å². The van der Waals surface area contributed by atoms with Crippen LogP contribution >= 0.6 is 0 Å². The molecule has 482 valence electrons. The molecule has 34 heteroatoms. The molecule has 9 fully saturated rings. The number of esters is 3. The normalized spacial score (nSPS) is 35.0. The van der Waals surface area contributed by atoms with Crippen molar-refractivity contribution in [2.45, 2.75) is 177 Å². The molecule has 3 amide bonds. The second-order valence-corrected chi connectivity index (χ2v) is 30.1. The Labute approximate surface area is 487 Å². The first-order chi connectivity index (χ1) is 39.1. The molecule has 85 heavy (non-hydrogen) atoms. The number of carbonyl (C=O) groups excluding carboxylic acids is 6. The van der Waals surface area contributed by atoms with E-state index in [-0.39, 0.29) is 70.6 Å². The smallest absolute Gasteiger partial charge is 0.410 e. The third-order valence-electron chi connectivity index (χ3n) is 18.6. The van der Waals surface area contributed by atoms with Gasteiger partial charge < -0.3 is 44.4 Å². The van der Waals surface area contributed by atoms with E-state index in [1.54, 1.807) is 41.5 Å². The van der Waals surface area contributed by atoms with Crippen LogP contribution in [0.1, 0.15) is 114 Å². The average molecular weight is 1290 g/mol. The fraction of sp³-hybridized carbons (Fsp3) is 0.863. The van der Waals surface area contributed by atoms with Gasteiger partial charge in [0, 0.05) is 35.5 Å². The van der Waals surface area contributed by atoms with Gasteiger partial charge in [0.15, 0.2) is 9.49 Å². The summed E-state index contributed by atoms with van der Waals surface area (Å²) >= 11 is 0. The van der Waals surface area contributed by atoms with E-state index in [0.717, 1.165) is 0 Å². The lowest BCUT2D eigenvalue weighted by atomic mass is 9.84. The molecule has 6 bridgehead atoms. The Bertz CT molecular complexity index is 3000. The number of halogens is 6. The van der Waals surface area contributed by atoms with E-state index in [2.05, 4.69) is 16.0 Å². The summed E-state index contributed by atoms with van der Waals surface area (Å²) in [7, 11) is -13.2. The van der Waals surface area contributed by atoms with Crippen LogP contribution in [0.25, 0.3) is 0 Å². The molecule has 16 unspecified atom stereocenters. The third-order valence-corrected chi connectivity index (χ3v) is 24.4. The molecule has 16 atom stereocenters. The molecule has 0 aromatic rings. The summed E-state index contributed by atoms with van der Waals surface area (Å²) in [6.07, 6.45) is -17.0. The van der Waals surface area contributed by atoms with Gasteiger partial charge in [-0.3, -0.25) is 26.9 Å². The number of nitrogens with zero attached hydrogens (tertiary/aromatic N) is 1. The van der Waals surface area contributed by atoms with Gasteiger partial charge in [-0.25, -0.2) is 14.4 Å². The number of hydrogen-bond acceptors (Lipinski definition) is 22. The van der Waals surface area contributed by atoms with Gasteiger partial charge in [-0.15, -0.1) is 0 Å². The first-order valence-electron chi connectivity index (χ1n) is 27.8. The standard InChI is InChI=1S/2C17H24F3NO7S.C17H24N2O7S/c1-4-15(2,3)13(22)26-6-5-21-14(23)27-11-9-7-10-12(11)28-29(24,25)16(10,8-9)17(18,19)20;1-4-16(2,3)14(22)26-6-5-21-15(23)27-11-8-7-9-12(11)28-29(24,25)13(9)10(8)17(18,19)20;1-4-16(2,3)14(20)24-6-5-19-15(21)25-12-10-7-11-13(12)26-27(22,23)17(11,8-10)9-18/h9-12H,4-8H2,1-3H3,(H,21,23);8-13H,4-7H2,1-3H3,(H,21,23);10-13H,4-8H2,1-3H3,(H,19,21). The van der Waals surface area contributed by atoms with Crippen molar-refractivity contribution in [3.8, 4) is 6.07 Å². The van der Waals surface area contributed by atoms with Crippen LogP contribution in [0.2, 0.25) is 0 Å². The zero-order valence-corrected chi connectivity index (χ0v) is 50.4. The number of amides is 3. The first-order valence-corrected chi connectivity index (χ1v) is 32.1.